The second-order valence-electron chi connectivity index (χ2n) is 6.84. The molecular weight excluding hydrogens is 346 g/mol. The number of hydrogen-bond acceptors (Lipinski definition) is 6. The van der Waals surface area contributed by atoms with Gasteiger partial charge < -0.3 is 9.47 Å². The van der Waals surface area contributed by atoms with E-state index >= 15 is 0 Å². The lowest BCUT2D eigenvalue weighted by Crippen LogP contribution is -2.37. The predicted octanol–water partition coefficient (Wildman–Crippen LogP) is 1.33. The van der Waals surface area contributed by atoms with Crippen molar-refractivity contribution in [2.45, 2.75) is 36.7 Å². The number of amides is 1. The quantitative estimate of drug-likeness (QED) is 0.732. The average molecular weight is 365 g/mol. The van der Waals surface area contributed by atoms with Crippen LogP contribution in [0.25, 0.3) is 0 Å². The van der Waals surface area contributed by atoms with E-state index in [9.17, 15) is 18.0 Å². The van der Waals surface area contributed by atoms with Crippen LogP contribution in [0, 0.1) is 5.41 Å². The third kappa shape index (κ3) is 2.73. The van der Waals surface area contributed by atoms with Gasteiger partial charge in [-0.05, 0) is 37.8 Å². The maximum atomic E-state index is 12.4. The first-order chi connectivity index (χ1) is 11.9. The molecule has 1 saturated heterocycles. The third-order valence-corrected chi connectivity index (χ3v) is 7.00. The fraction of sp³-hybridized carbons (Fsp3) is 0.529. The van der Waals surface area contributed by atoms with Crippen LogP contribution in [-0.2, 0) is 24.3 Å². The first-order valence-electron chi connectivity index (χ1n) is 8.37. The number of ether oxygens (including phenoxy) is 2. The van der Waals surface area contributed by atoms with Crippen LogP contribution in [0.15, 0.2) is 29.2 Å². The van der Waals surface area contributed by atoms with E-state index in [0.717, 1.165) is 32.3 Å². The monoisotopic (exact) mass is 365 g/mol. The normalized spacial score (nSPS) is 25.7. The molecule has 4 rings (SSSR count). The van der Waals surface area contributed by atoms with Gasteiger partial charge in [0.05, 0.1) is 18.3 Å². The van der Waals surface area contributed by atoms with Gasteiger partial charge in [0, 0.05) is 12.0 Å². The molecule has 1 saturated carbocycles. The van der Waals surface area contributed by atoms with Crippen molar-refractivity contribution in [2.24, 2.45) is 5.41 Å². The summed E-state index contributed by atoms with van der Waals surface area (Å²) in [6, 6.07) is 5.94. The van der Waals surface area contributed by atoms with Crippen LogP contribution in [0.1, 0.15) is 36.0 Å². The largest absolute Gasteiger partial charge is 0.464 e. The van der Waals surface area contributed by atoms with E-state index < -0.39 is 28.4 Å². The molecule has 7 nitrogen and oxygen atoms in total. The van der Waals surface area contributed by atoms with E-state index in [-0.39, 0.29) is 28.6 Å². The van der Waals surface area contributed by atoms with Gasteiger partial charge in [0.1, 0.15) is 11.4 Å². The molecule has 1 atom stereocenters. The summed E-state index contributed by atoms with van der Waals surface area (Å²) in [7, 11) is -3.99. The molecule has 2 fully saturated rings. The number of nitrogens with zero attached hydrogens (tertiary/aromatic N) is 1. The number of esters is 1. The lowest BCUT2D eigenvalue weighted by Gasteiger charge is -2.22. The fourth-order valence-electron chi connectivity index (χ4n) is 3.55. The number of hydrogen-bond donors (Lipinski definition) is 0. The minimum Gasteiger partial charge on any atom is -0.464 e. The Morgan fingerprint density at radius 3 is 2.72 bits per heavy atom. The first-order valence-corrected chi connectivity index (χ1v) is 9.81. The molecule has 3 aliphatic rings. The van der Waals surface area contributed by atoms with Crippen molar-refractivity contribution in [3.05, 3.63) is 29.8 Å². The summed E-state index contributed by atoms with van der Waals surface area (Å²) in [4.78, 5) is 24.4. The maximum absolute atomic E-state index is 12.4. The summed E-state index contributed by atoms with van der Waals surface area (Å²) < 4.78 is 36.4. The lowest BCUT2D eigenvalue weighted by molar-refractivity contribution is -0.147. The van der Waals surface area contributed by atoms with Crippen molar-refractivity contribution < 1.29 is 27.5 Å². The van der Waals surface area contributed by atoms with Crippen LogP contribution in [0.4, 0.5) is 0 Å². The average Bonchev–Trinajstić information content (AvgIpc) is 3.13. The van der Waals surface area contributed by atoms with Gasteiger partial charge in [-0.1, -0.05) is 12.1 Å². The van der Waals surface area contributed by atoms with E-state index in [2.05, 4.69) is 0 Å². The van der Waals surface area contributed by atoms with E-state index in [1.807, 2.05) is 0 Å². The molecule has 0 spiro atoms. The number of carbonyl (C=O) groups excluding carboxylic acids is 2. The number of rotatable bonds is 5. The van der Waals surface area contributed by atoms with Crippen molar-refractivity contribution in [3.8, 4) is 0 Å². The zero-order chi connectivity index (χ0) is 17.7. The van der Waals surface area contributed by atoms with Gasteiger partial charge in [-0.2, -0.15) is 0 Å². The summed E-state index contributed by atoms with van der Waals surface area (Å²) >= 11 is 0. The molecule has 0 aromatic heterocycles. The maximum Gasteiger partial charge on any atom is 0.326 e. The fourth-order valence-corrected chi connectivity index (χ4v) is 5.07. The Hall–Kier alpha value is -1.93. The summed E-state index contributed by atoms with van der Waals surface area (Å²) in [5.41, 5.74) is -0.0310. The Kier molecular flexibility index (Phi) is 3.84. The Morgan fingerprint density at radius 2 is 2.08 bits per heavy atom. The molecular formula is C17H19NO6S. The minimum absolute atomic E-state index is 0.0641. The first kappa shape index (κ1) is 16.5. The van der Waals surface area contributed by atoms with Crippen molar-refractivity contribution in [1.29, 1.82) is 0 Å². The van der Waals surface area contributed by atoms with Gasteiger partial charge >= 0.3 is 5.97 Å². The van der Waals surface area contributed by atoms with E-state index in [4.69, 9.17) is 9.47 Å². The zero-order valence-corrected chi connectivity index (χ0v) is 14.5. The summed E-state index contributed by atoms with van der Waals surface area (Å²) in [5, 5.41) is 0. The van der Waals surface area contributed by atoms with Crippen LogP contribution in [0.2, 0.25) is 0 Å². The minimum atomic E-state index is -3.99. The Bertz CT molecular complexity index is 823. The highest BCUT2D eigenvalue weighted by Crippen LogP contribution is 2.52. The topological polar surface area (TPSA) is 90.0 Å². The highest BCUT2D eigenvalue weighted by molar-refractivity contribution is 7.90. The summed E-state index contributed by atoms with van der Waals surface area (Å²) in [6.45, 7) is 0.349. The molecule has 0 bridgehead atoms. The third-order valence-electron chi connectivity index (χ3n) is 5.21. The SMILES string of the molecule is O=C(CN1C(=O)c2ccccc2S1(=O)=O)OCC1(C2CCCO2)CC1. The number of benzene rings is 1. The van der Waals surface area contributed by atoms with Gasteiger partial charge in [-0.3, -0.25) is 9.59 Å². The molecule has 2 heterocycles. The van der Waals surface area contributed by atoms with Gasteiger partial charge in [-0.15, -0.1) is 0 Å². The zero-order valence-electron chi connectivity index (χ0n) is 13.6. The van der Waals surface area contributed by atoms with Crippen molar-refractivity contribution in [1.82, 2.24) is 4.31 Å². The van der Waals surface area contributed by atoms with E-state index in [1.54, 1.807) is 12.1 Å². The van der Waals surface area contributed by atoms with Crippen LogP contribution in [0.5, 0.6) is 0 Å². The lowest BCUT2D eigenvalue weighted by atomic mass is 9.98. The standard InChI is InChI=1S/C17H19NO6S/c19-15(24-11-17(7-8-17)14-6-3-9-23-14)10-18-16(20)12-4-1-2-5-13(12)25(18,21)22/h1-2,4-5,14H,3,6-11H2. The number of carbonyl (C=O) groups is 2. The number of fused-ring (bicyclic) bond motifs is 1. The molecule has 25 heavy (non-hydrogen) atoms. The van der Waals surface area contributed by atoms with Crippen LogP contribution in [-0.4, -0.2) is 50.5 Å². The van der Waals surface area contributed by atoms with Crippen LogP contribution in [0.3, 0.4) is 0 Å². The molecule has 1 unspecified atom stereocenters. The van der Waals surface area contributed by atoms with Crippen LogP contribution >= 0.6 is 0 Å². The molecule has 1 aromatic carbocycles. The molecule has 8 heteroatoms. The second-order valence-corrected chi connectivity index (χ2v) is 8.67. The molecule has 1 amide bonds. The molecule has 1 aliphatic carbocycles. The van der Waals surface area contributed by atoms with Crippen molar-refractivity contribution in [2.75, 3.05) is 19.8 Å². The van der Waals surface area contributed by atoms with Gasteiger partial charge in [0.15, 0.2) is 0 Å². The summed E-state index contributed by atoms with van der Waals surface area (Å²) in [6.07, 6.45) is 3.97. The molecule has 134 valence electrons. The molecule has 0 N–H and O–H groups in total. The van der Waals surface area contributed by atoms with Gasteiger partial charge in [-0.25, -0.2) is 12.7 Å². The highest BCUT2D eigenvalue weighted by atomic mass is 32.2. The second kappa shape index (κ2) is 5.81. The Balaban J connectivity index is 1.41. The van der Waals surface area contributed by atoms with Crippen LogP contribution < -0.4 is 0 Å². The van der Waals surface area contributed by atoms with Gasteiger partial charge in [0.2, 0.25) is 0 Å². The summed E-state index contributed by atoms with van der Waals surface area (Å²) in [5.74, 6) is -1.40. The van der Waals surface area contributed by atoms with E-state index in [0.29, 0.717) is 4.31 Å². The smallest absolute Gasteiger partial charge is 0.326 e. The molecule has 1 aromatic rings. The van der Waals surface area contributed by atoms with Gasteiger partial charge in [0.25, 0.3) is 15.9 Å². The predicted molar refractivity (Wildman–Crippen MR) is 86.3 cm³/mol. The number of sulfonamides is 1. The van der Waals surface area contributed by atoms with E-state index in [1.165, 1.54) is 12.1 Å². The molecule has 0 radical (unpaired) electrons. The Morgan fingerprint density at radius 1 is 1.32 bits per heavy atom. The Labute approximate surface area is 145 Å². The highest BCUT2D eigenvalue weighted by Gasteiger charge is 2.52. The molecule has 2 aliphatic heterocycles. The van der Waals surface area contributed by atoms with Crippen molar-refractivity contribution >= 4 is 21.9 Å². The van der Waals surface area contributed by atoms with Crippen molar-refractivity contribution in [3.63, 3.8) is 0 Å².